The average molecular weight is 444 g/mol. The zero-order valence-electron chi connectivity index (χ0n) is 16.5. The molecule has 0 unspecified atom stereocenters. The minimum absolute atomic E-state index is 0.0780. The van der Waals surface area contributed by atoms with Gasteiger partial charge in [-0.05, 0) is 36.8 Å². The summed E-state index contributed by atoms with van der Waals surface area (Å²) in [5.74, 6) is 0.731. The van der Waals surface area contributed by atoms with Crippen molar-refractivity contribution in [3.8, 4) is 0 Å². The minimum Gasteiger partial charge on any atom is -0.380 e. The number of hydrogen-bond acceptors (Lipinski definition) is 7. The van der Waals surface area contributed by atoms with Crippen molar-refractivity contribution >= 4 is 61.1 Å². The first kappa shape index (κ1) is 20.7. The number of thiazole rings is 1. The normalized spacial score (nSPS) is 11.4. The van der Waals surface area contributed by atoms with Crippen LogP contribution in [0.5, 0.6) is 0 Å². The monoisotopic (exact) mass is 443 g/mol. The molecule has 30 heavy (non-hydrogen) atoms. The molecule has 4 aromatic rings. The number of benzene rings is 2. The molecule has 0 aliphatic heterocycles. The van der Waals surface area contributed by atoms with Gasteiger partial charge >= 0.3 is 0 Å². The number of ketones is 1. The number of imidazole rings is 1. The molecule has 9 heteroatoms. The number of Topliss-reactive ketones (excluding diaryl/α,β-unsaturated/α-hetero) is 1. The molecule has 4 rings (SSSR count). The number of carbonyl (C=O) groups is 1. The molecular formula is C21H22ClN5O2S. The number of nitrogens with two attached hydrogens (primary N) is 1. The molecule has 2 aromatic heterocycles. The number of anilines is 2. The van der Waals surface area contributed by atoms with Crippen molar-refractivity contribution in [3.63, 3.8) is 0 Å². The molecule has 0 saturated heterocycles. The summed E-state index contributed by atoms with van der Waals surface area (Å²) in [5, 5.41) is 4.61. The summed E-state index contributed by atoms with van der Waals surface area (Å²) >= 11 is 7.74. The van der Waals surface area contributed by atoms with E-state index < -0.39 is 0 Å². The largest absolute Gasteiger partial charge is 0.380 e. The zero-order chi connectivity index (χ0) is 21.1. The van der Waals surface area contributed by atoms with Crippen LogP contribution in [0.15, 0.2) is 36.4 Å². The van der Waals surface area contributed by atoms with Crippen LogP contribution in [0.2, 0.25) is 5.02 Å². The second-order valence-electron chi connectivity index (χ2n) is 6.86. The number of halogens is 1. The highest BCUT2D eigenvalue weighted by molar-refractivity contribution is 7.22. The lowest BCUT2D eigenvalue weighted by molar-refractivity contribution is 0.0944. The number of para-hydroxylation sites is 1. The fourth-order valence-electron chi connectivity index (χ4n) is 3.21. The third kappa shape index (κ3) is 4.32. The number of hydrogen-bond donors (Lipinski definition) is 2. The van der Waals surface area contributed by atoms with Crippen LogP contribution in [0.1, 0.15) is 23.2 Å². The molecule has 0 aliphatic rings. The summed E-state index contributed by atoms with van der Waals surface area (Å²) in [4.78, 5) is 21.7. The van der Waals surface area contributed by atoms with Crippen LogP contribution in [0.4, 0.5) is 11.1 Å². The number of carbonyl (C=O) groups excluding carboxylic acids is 1. The molecule has 0 atom stereocenters. The lowest BCUT2D eigenvalue weighted by atomic mass is 10.1. The molecule has 2 heterocycles. The first-order valence-corrected chi connectivity index (χ1v) is 10.9. The van der Waals surface area contributed by atoms with Gasteiger partial charge in [0.2, 0.25) is 5.95 Å². The number of aromatic nitrogens is 3. The highest BCUT2D eigenvalue weighted by Gasteiger charge is 2.14. The molecule has 0 fully saturated rings. The second-order valence-corrected chi connectivity index (χ2v) is 8.29. The highest BCUT2D eigenvalue weighted by Crippen LogP contribution is 2.32. The van der Waals surface area contributed by atoms with Gasteiger partial charge in [-0.15, -0.1) is 0 Å². The van der Waals surface area contributed by atoms with Gasteiger partial charge < -0.3 is 20.4 Å². The van der Waals surface area contributed by atoms with E-state index in [0.29, 0.717) is 54.3 Å². The zero-order valence-corrected chi connectivity index (χ0v) is 18.1. The van der Waals surface area contributed by atoms with Gasteiger partial charge in [0.15, 0.2) is 10.9 Å². The van der Waals surface area contributed by atoms with Crippen LogP contribution in [-0.4, -0.2) is 40.1 Å². The van der Waals surface area contributed by atoms with Crippen molar-refractivity contribution in [1.29, 1.82) is 0 Å². The fraction of sp³-hybridized carbons (Fsp3) is 0.286. The van der Waals surface area contributed by atoms with Crippen LogP contribution >= 0.6 is 22.9 Å². The summed E-state index contributed by atoms with van der Waals surface area (Å²) in [5.41, 5.74) is 8.50. The predicted octanol–water partition coefficient (Wildman–Crippen LogP) is 4.52. The van der Waals surface area contributed by atoms with Gasteiger partial charge in [-0.3, -0.25) is 4.79 Å². The maximum Gasteiger partial charge on any atom is 0.209 e. The van der Waals surface area contributed by atoms with Crippen molar-refractivity contribution in [2.24, 2.45) is 12.8 Å². The Hall–Kier alpha value is -2.52. The second kappa shape index (κ2) is 9.09. The van der Waals surface area contributed by atoms with E-state index in [1.165, 1.54) is 11.3 Å². The molecule has 7 nitrogen and oxygen atoms in total. The fourth-order valence-corrected chi connectivity index (χ4v) is 4.37. The molecule has 0 saturated carbocycles. The summed E-state index contributed by atoms with van der Waals surface area (Å²) in [6, 6.07) is 11.3. The summed E-state index contributed by atoms with van der Waals surface area (Å²) in [6.07, 6.45) is 1.10. The van der Waals surface area contributed by atoms with E-state index in [1.807, 2.05) is 48.0 Å². The minimum atomic E-state index is 0.0780. The van der Waals surface area contributed by atoms with Crippen LogP contribution in [0, 0.1) is 0 Å². The Labute approximate surface area is 182 Å². The number of nitrogens with one attached hydrogen (secondary N) is 1. The Bertz CT molecular complexity index is 1200. The van der Waals surface area contributed by atoms with Gasteiger partial charge in [-0.2, -0.15) is 0 Å². The number of ether oxygens (including phenoxy) is 1. The van der Waals surface area contributed by atoms with Crippen molar-refractivity contribution in [2.45, 2.75) is 12.8 Å². The van der Waals surface area contributed by atoms with Crippen molar-refractivity contribution in [1.82, 2.24) is 14.5 Å². The summed E-state index contributed by atoms with van der Waals surface area (Å²) in [6.45, 7) is 1.55. The van der Waals surface area contributed by atoms with Gasteiger partial charge in [-0.1, -0.05) is 29.0 Å². The third-order valence-electron chi connectivity index (χ3n) is 4.75. The Kier molecular flexibility index (Phi) is 6.29. The van der Waals surface area contributed by atoms with E-state index in [9.17, 15) is 4.79 Å². The molecule has 0 amide bonds. The Morgan fingerprint density at radius 1 is 1.27 bits per heavy atom. The van der Waals surface area contributed by atoms with E-state index in [4.69, 9.17) is 22.1 Å². The molecule has 0 spiro atoms. The van der Waals surface area contributed by atoms with Gasteiger partial charge in [0, 0.05) is 32.2 Å². The van der Waals surface area contributed by atoms with E-state index in [0.717, 1.165) is 21.3 Å². The maximum atomic E-state index is 12.5. The Balaban J connectivity index is 1.51. The van der Waals surface area contributed by atoms with Crippen molar-refractivity contribution < 1.29 is 9.53 Å². The average Bonchev–Trinajstić information content (AvgIpc) is 3.29. The smallest absolute Gasteiger partial charge is 0.209 e. The first-order valence-electron chi connectivity index (χ1n) is 9.66. The maximum absolute atomic E-state index is 12.5. The number of fused-ring (bicyclic) bond motifs is 2. The SMILES string of the molecule is Cn1c(Nc2nc3c(Cl)cccc3s2)nc2cc(C(=O)CCCOCCN)ccc21. The van der Waals surface area contributed by atoms with Gasteiger partial charge in [0.25, 0.3) is 0 Å². The van der Waals surface area contributed by atoms with E-state index in [1.54, 1.807) is 0 Å². The summed E-state index contributed by atoms with van der Waals surface area (Å²) in [7, 11) is 1.92. The van der Waals surface area contributed by atoms with E-state index in [-0.39, 0.29) is 5.78 Å². The Morgan fingerprint density at radius 3 is 2.93 bits per heavy atom. The van der Waals surface area contributed by atoms with Crippen LogP contribution < -0.4 is 11.1 Å². The quantitative estimate of drug-likeness (QED) is 0.292. The first-order chi connectivity index (χ1) is 14.6. The lowest BCUT2D eigenvalue weighted by Gasteiger charge is -2.04. The number of rotatable bonds is 9. The molecular weight excluding hydrogens is 422 g/mol. The molecule has 0 aliphatic carbocycles. The predicted molar refractivity (Wildman–Crippen MR) is 122 cm³/mol. The van der Waals surface area contributed by atoms with Crippen molar-refractivity contribution in [2.75, 3.05) is 25.1 Å². The topological polar surface area (TPSA) is 95.1 Å². The van der Waals surface area contributed by atoms with E-state index in [2.05, 4.69) is 15.3 Å². The molecule has 156 valence electrons. The number of nitrogens with zero attached hydrogens (tertiary/aromatic N) is 3. The molecule has 0 radical (unpaired) electrons. The molecule has 0 bridgehead atoms. The van der Waals surface area contributed by atoms with Gasteiger partial charge in [0.1, 0.15) is 5.52 Å². The van der Waals surface area contributed by atoms with Crippen LogP contribution in [0.3, 0.4) is 0 Å². The standard InChI is InChI=1S/C21H22ClN5O2S/c1-27-16-8-7-13(17(28)5-3-10-29-11-9-23)12-15(16)24-20(27)26-21-25-19-14(22)4-2-6-18(19)30-21/h2,4,6-8,12H,3,5,9-11,23H2,1H3,(H,24,25,26). The van der Waals surface area contributed by atoms with Crippen LogP contribution in [0.25, 0.3) is 21.3 Å². The molecule has 3 N–H and O–H groups in total. The van der Waals surface area contributed by atoms with E-state index >= 15 is 0 Å². The summed E-state index contributed by atoms with van der Waals surface area (Å²) < 4.78 is 8.28. The lowest BCUT2D eigenvalue weighted by Crippen LogP contribution is -2.10. The van der Waals surface area contributed by atoms with Crippen LogP contribution in [-0.2, 0) is 11.8 Å². The van der Waals surface area contributed by atoms with Gasteiger partial charge in [0.05, 0.1) is 27.4 Å². The molecule has 2 aromatic carbocycles. The van der Waals surface area contributed by atoms with Gasteiger partial charge in [-0.25, -0.2) is 9.97 Å². The Morgan fingerprint density at radius 2 is 2.13 bits per heavy atom. The van der Waals surface area contributed by atoms with Crippen molar-refractivity contribution in [3.05, 3.63) is 47.0 Å². The highest BCUT2D eigenvalue weighted by atomic mass is 35.5. The third-order valence-corrected chi connectivity index (χ3v) is 5.99. The number of aryl methyl sites for hydroxylation is 1.